The molecule has 3 heterocycles. The Labute approximate surface area is 172 Å². The minimum Gasteiger partial charge on any atom is -0.395 e. The summed E-state index contributed by atoms with van der Waals surface area (Å²) in [5, 5.41) is 14.2. The summed E-state index contributed by atoms with van der Waals surface area (Å²) < 4.78 is 9.48. The van der Waals surface area contributed by atoms with Crippen molar-refractivity contribution in [1.29, 1.82) is 0 Å². The Hall–Kier alpha value is -2.55. The van der Waals surface area contributed by atoms with Gasteiger partial charge in [0.25, 0.3) is 0 Å². The number of thiazole rings is 1. The molecule has 152 valence electrons. The number of hydrogen-bond acceptors (Lipinski definition) is 6. The number of hydrogen-bond donors (Lipinski definition) is 1. The molecule has 2 unspecified atom stereocenters. The van der Waals surface area contributed by atoms with Crippen molar-refractivity contribution in [2.24, 2.45) is 10.4 Å². The van der Waals surface area contributed by atoms with Gasteiger partial charge in [0.05, 0.1) is 22.5 Å². The average molecular weight is 413 g/mol. The molecule has 0 amide bonds. The average Bonchev–Trinajstić information content (AvgIpc) is 3.33. The molecule has 0 radical (unpaired) electrons. The van der Waals surface area contributed by atoms with Crippen LogP contribution in [0.4, 0.5) is 0 Å². The number of rotatable bonds is 6. The molecule has 2 atom stereocenters. The summed E-state index contributed by atoms with van der Waals surface area (Å²) in [5.41, 5.74) is 2.61. The van der Waals surface area contributed by atoms with E-state index < -0.39 is 0 Å². The maximum absolute atomic E-state index is 12.2. The monoisotopic (exact) mass is 412 g/mol. The Morgan fingerprint density at radius 2 is 2.21 bits per heavy atom. The molecule has 1 aromatic carbocycles. The van der Waals surface area contributed by atoms with Crippen molar-refractivity contribution in [3.8, 4) is 0 Å². The van der Waals surface area contributed by atoms with Gasteiger partial charge in [-0.3, -0.25) is 9.36 Å². The van der Waals surface area contributed by atoms with E-state index in [1.807, 2.05) is 37.4 Å². The molecule has 29 heavy (non-hydrogen) atoms. The number of aliphatic imine (C=N–C) groups is 1. The first kappa shape index (κ1) is 19.8. The Morgan fingerprint density at radius 1 is 1.38 bits per heavy atom. The lowest BCUT2D eigenvalue weighted by molar-refractivity contribution is 0.133. The van der Waals surface area contributed by atoms with Gasteiger partial charge in [-0.2, -0.15) is 5.10 Å². The van der Waals surface area contributed by atoms with Crippen molar-refractivity contribution >= 4 is 33.6 Å². The van der Waals surface area contributed by atoms with Crippen molar-refractivity contribution in [2.75, 3.05) is 13.7 Å². The fourth-order valence-corrected chi connectivity index (χ4v) is 4.31. The summed E-state index contributed by atoms with van der Waals surface area (Å²) in [6, 6.07) is 8.05. The number of aliphatic hydroxyl groups excluding tert-OH is 1. The third-order valence-electron chi connectivity index (χ3n) is 5.36. The fourth-order valence-electron chi connectivity index (χ4n) is 3.38. The van der Waals surface area contributed by atoms with E-state index in [9.17, 15) is 9.90 Å². The van der Waals surface area contributed by atoms with Gasteiger partial charge in [-0.1, -0.05) is 31.3 Å². The van der Waals surface area contributed by atoms with Crippen LogP contribution in [0.3, 0.4) is 0 Å². The number of methoxy groups -OCH3 is 1. The first-order valence-electron chi connectivity index (χ1n) is 9.48. The summed E-state index contributed by atoms with van der Waals surface area (Å²) in [4.78, 5) is 16.6. The summed E-state index contributed by atoms with van der Waals surface area (Å²) in [5.74, 6) is 0.837. The van der Waals surface area contributed by atoms with Gasteiger partial charge in [-0.05, 0) is 36.3 Å². The van der Waals surface area contributed by atoms with E-state index >= 15 is 0 Å². The summed E-state index contributed by atoms with van der Waals surface area (Å²) in [6.07, 6.45) is 6.43. The molecule has 0 spiro atoms. The molecule has 0 aliphatic carbocycles. The fraction of sp³-hybridized carbons (Fsp3) is 0.381. The molecule has 0 fully saturated rings. The van der Waals surface area contributed by atoms with E-state index in [1.165, 1.54) is 11.3 Å². The van der Waals surface area contributed by atoms with Crippen molar-refractivity contribution in [3.05, 3.63) is 57.5 Å². The van der Waals surface area contributed by atoms with Gasteiger partial charge in [0.1, 0.15) is 12.6 Å². The van der Waals surface area contributed by atoms with E-state index in [4.69, 9.17) is 9.84 Å². The van der Waals surface area contributed by atoms with Gasteiger partial charge in [-0.25, -0.2) is 9.67 Å². The van der Waals surface area contributed by atoms with Crippen LogP contribution in [0.1, 0.15) is 37.4 Å². The molecule has 1 aliphatic heterocycles. The predicted molar refractivity (Wildman–Crippen MR) is 115 cm³/mol. The zero-order valence-corrected chi connectivity index (χ0v) is 17.5. The van der Waals surface area contributed by atoms with E-state index in [-0.39, 0.29) is 29.5 Å². The highest BCUT2D eigenvalue weighted by atomic mass is 32.1. The molecule has 7 nitrogen and oxygen atoms in total. The number of ether oxygens (including phenoxy) is 1. The maximum Gasteiger partial charge on any atom is 0.310 e. The minimum atomic E-state index is -0.303. The van der Waals surface area contributed by atoms with Crippen LogP contribution in [-0.2, 0) is 11.5 Å². The van der Waals surface area contributed by atoms with E-state index in [1.54, 1.807) is 22.6 Å². The predicted octanol–water partition coefficient (Wildman–Crippen LogP) is 3.29. The van der Waals surface area contributed by atoms with Crippen LogP contribution in [0.2, 0.25) is 0 Å². The first-order chi connectivity index (χ1) is 13.9. The summed E-state index contributed by atoms with van der Waals surface area (Å²) in [6.45, 7) is 4.40. The SMILES string of the molecule is COCn1c(=O)sc2cc(C(C)c3ccn(C4=CCC(C)(CO)C=N4)n3)ccc21. The Balaban J connectivity index is 1.59. The highest BCUT2D eigenvalue weighted by Gasteiger charge is 2.24. The molecule has 0 bridgehead atoms. The van der Waals surface area contributed by atoms with Gasteiger partial charge in [0.15, 0.2) is 0 Å². The zero-order chi connectivity index (χ0) is 20.6. The number of fused-ring (bicyclic) bond motifs is 1. The number of aromatic nitrogens is 3. The number of allylic oxidation sites excluding steroid dienone is 1. The number of aliphatic hydroxyl groups is 1. The normalized spacial score (nSPS) is 20.2. The molecular formula is C21H24N4O3S. The molecule has 8 heteroatoms. The standard InChI is InChI=1S/C21H24N4O3S/c1-14(15-4-5-17-18(10-15)29-20(27)24(17)13-28-3)16-7-9-25(23-16)19-6-8-21(2,12-26)11-22-19/h4-7,9-11,14,26H,8,12-13H2,1-3H3. The van der Waals surface area contributed by atoms with Gasteiger partial charge < -0.3 is 9.84 Å². The molecule has 1 aliphatic rings. The molecule has 1 N–H and O–H groups in total. The van der Waals surface area contributed by atoms with Gasteiger partial charge in [0.2, 0.25) is 0 Å². The Morgan fingerprint density at radius 3 is 2.90 bits per heavy atom. The van der Waals surface area contributed by atoms with E-state index in [0.717, 1.165) is 33.7 Å². The zero-order valence-electron chi connectivity index (χ0n) is 16.7. The lowest BCUT2D eigenvalue weighted by Crippen LogP contribution is -2.25. The van der Waals surface area contributed by atoms with Crippen LogP contribution < -0.4 is 4.87 Å². The Bertz CT molecular complexity index is 1160. The molecule has 2 aromatic heterocycles. The lowest BCUT2D eigenvalue weighted by Gasteiger charge is -2.24. The summed E-state index contributed by atoms with van der Waals surface area (Å²) >= 11 is 1.23. The number of nitrogens with zero attached hydrogens (tertiary/aromatic N) is 4. The molecule has 0 saturated heterocycles. The second-order valence-corrected chi connectivity index (χ2v) is 8.68. The second kappa shape index (κ2) is 7.70. The van der Waals surface area contributed by atoms with Crippen LogP contribution in [0.25, 0.3) is 16.0 Å². The largest absolute Gasteiger partial charge is 0.395 e. The van der Waals surface area contributed by atoms with Crippen LogP contribution in [0.5, 0.6) is 0 Å². The second-order valence-electron chi connectivity index (χ2n) is 7.68. The highest BCUT2D eigenvalue weighted by Crippen LogP contribution is 2.29. The van der Waals surface area contributed by atoms with Crippen LogP contribution in [-0.4, -0.2) is 39.4 Å². The molecular weight excluding hydrogens is 388 g/mol. The smallest absolute Gasteiger partial charge is 0.310 e. The first-order valence-corrected chi connectivity index (χ1v) is 10.3. The molecule has 4 rings (SSSR count). The third-order valence-corrected chi connectivity index (χ3v) is 6.30. The van der Waals surface area contributed by atoms with Crippen molar-refractivity contribution < 1.29 is 9.84 Å². The van der Waals surface area contributed by atoms with Crippen molar-refractivity contribution in [2.45, 2.75) is 32.9 Å². The topological polar surface area (TPSA) is 81.6 Å². The van der Waals surface area contributed by atoms with E-state index in [2.05, 4.69) is 18.0 Å². The Kier molecular flexibility index (Phi) is 5.24. The molecule has 3 aromatic rings. The highest BCUT2D eigenvalue weighted by molar-refractivity contribution is 7.16. The van der Waals surface area contributed by atoms with Crippen molar-refractivity contribution in [1.82, 2.24) is 14.3 Å². The van der Waals surface area contributed by atoms with Gasteiger partial charge >= 0.3 is 4.87 Å². The lowest BCUT2D eigenvalue weighted by atomic mass is 9.88. The number of benzene rings is 1. The van der Waals surface area contributed by atoms with Gasteiger partial charge in [-0.15, -0.1) is 0 Å². The minimum absolute atomic E-state index is 0.0205. The van der Waals surface area contributed by atoms with Crippen LogP contribution >= 0.6 is 11.3 Å². The maximum atomic E-state index is 12.2. The van der Waals surface area contributed by atoms with Gasteiger partial charge in [0, 0.05) is 30.9 Å². The quantitative estimate of drug-likeness (QED) is 0.674. The van der Waals surface area contributed by atoms with E-state index in [0.29, 0.717) is 0 Å². The van der Waals surface area contributed by atoms with Crippen molar-refractivity contribution in [3.63, 3.8) is 0 Å². The van der Waals surface area contributed by atoms with Crippen LogP contribution in [0.15, 0.2) is 46.3 Å². The third kappa shape index (κ3) is 3.71. The summed E-state index contributed by atoms with van der Waals surface area (Å²) in [7, 11) is 1.58. The molecule has 0 saturated carbocycles. The van der Waals surface area contributed by atoms with Crippen LogP contribution in [0, 0.1) is 5.41 Å².